The van der Waals surface area contributed by atoms with Crippen LogP contribution in [-0.4, -0.2) is 26.1 Å². The molecule has 0 saturated carbocycles. The lowest BCUT2D eigenvalue weighted by Gasteiger charge is -2.01. The number of benzene rings is 3. The molecule has 0 radical (unpaired) electrons. The first-order valence-corrected chi connectivity index (χ1v) is 10.6. The second-order valence-electron chi connectivity index (χ2n) is 6.60. The second-order valence-corrected chi connectivity index (χ2v) is 7.52. The van der Waals surface area contributed by atoms with Gasteiger partial charge in [-0.1, -0.05) is 95.5 Å². The van der Waals surface area contributed by atoms with Crippen LogP contribution in [0.4, 0.5) is 0 Å². The van der Waals surface area contributed by atoms with Gasteiger partial charge < -0.3 is 8.94 Å². The molecule has 0 spiro atoms. The van der Waals surface area contributed by atoms with Crippen molar-refractivity contribution in [3.63, 3.8) is 0 Å². The number of hydrogen-bond acceptors (Lipinski definition) is 7. The van der Waals surface area contributed by atoms with Crippen molar-refractivity contribution in [3.8, 4) is 34.7 Å². The fourth-order valence-corrected chi connectivity index (χ4v) is 3.64. The van der Waals surface area contributed by atoms with Gasteiger partial charge in [0.1, 0.15) is 0 Å². The fraction of sp³-hybridized carbons (Fsp3) is 0.0833. The van der Waals surface area contributed by atoms with Gasteiger partial charge in [-0.2, -0.15) is 4.98 Å². The molecule has 0 aliphatic heterocycles. The van der Waals surface area contributed by atoms with Gasteiger partial charge in [-0.15, -0.1) is 10.2 Å². The summed E-state index contributed by atoms with van der Waals surface area (Å²) in [5.41, 5.74) is 1.84. The van der Waals surface area contributed by atoms with Crippen LogP contribution in [0.25, 0.3) is 33.6 Å². The van der Waals surface area contributed by atoms with Crippen LogP contribution in [0.3, 0.4) is 0 Å². The maximum atomic E-state index is 5.83. The van der Waals surface area contributed by atoms with E-state index in [4.69, 9.17) is 8.94 Å². The Kier molecular flexibility index (Phi) is 5.46. The van der Waals surface area contributed by atoms with Gasteiger partial charge >= 0.3 is 0 Å². The Morgan fingerprint density at radius 1 is 0.839 bits per heavy atom. The van der Waals surface area contributed by atoms with Gasteiger partial charge in [0.15, 0.2) is 0 Å². The first-order valence-electron chi connectivity index (χ1n) is 9.65. The Hall–Kier alpha value is -3.89. The zero-order chi connectivity index (χ0) is 20.9. The summed E-state index contributed by atoms with van der Waals surface area (Å²) in [5.74, 6) is 8.20. The molecule has 0 bridgehead atoms. The summed E-state index contributed by atoms with van der Waals surface area (Å²) in [6.45, 7) is 0. The molecule has 0 amide bonds. The molecule has 0 N–H and O–H groups in total. The Bertz CT molecular complexity index is 1380. The average molecular weight is 424 g/mol. The van der Waals surface area contributed by atoms with E-state index in [-0.39, 0.29) is 0 Å². The number of thioether (sulfide) groups is 1. The van der Waals surface area contributed by atoms with Crippen molar-refractivity contribution < 1.29 is 8.94 Å². The molecule has 5 aromatic rings. The molecule has 3 aromatic carbocycles. The van der Waals surface area contributed by atoms with E-state index in [1.807, 2.05) is 60.7 Å². The largest absolute Gasteiger partial charge is 0.411 e. The molecule has 0 unspecified atom stereocenters. The molecular formula is C24H16N4O2S. The van der Waals surface area contributed by atoms with Crippen LogP contribution in [0, 0.1) is 11.8 Å². The van der Waals surface area contributed by atoms with E-state index in [1.54, 1.807) is 0 Å². The summed E-state index contributed by atoms with van der Waals surface area (Å²) >= 11 is 1.40. The van der Waals surface area contributed by atoms with Crippen LogP contribution in [-0.2, 0) is 6.42 Å². The second kappa shape index (κ2) is 8.86. The standard InChI is InChI=1S/C24H16N4O2S/c1-2-10-18(11-3-1)22-25-21(30-28-22)15-6-7-16-31-24-27-26-23(29-24)20-14-8-12-17-9-4-5-13-19(17)20/h1-5,8-14H,15-16H2. The minimum Gasteiger partial charge on any atom is -0.411 e. The molecule has 0 fully saturated rings. The van der Waals surface area contributed by atoms with E-state index < -0.39 is 0 Å². The maximum Gasteiger partial charge on any atom is 0.277 e. The summed E-state index contributed by atoms with van der Waals surface area (Å²) in [6, 6.07) is 23.9. The van der Waals surface area contributed by atoms with Crippen LogP contribution < -0.4 is 0 Å². The SMILES string of the molecule is C(#CCc1nc(-c2ccccc2)no1)CSc1nnc(-c2cccc3ccccc23)o1. The van der Waals surface area contributed by atoms with Crippen molar-refractivity contribution in [1.29, 1.82) is 0 Å². The average Bonchev–Trinajstić information content (AvgIpc) is 3.49. The first-order chi connectivity index (χ1) is 15.4. The predicted molar refractivity (Wildman–Crippen MR) is 119 cm³/mol. The zero-order valence-electron chi connectivity index (χ0n) is 16.4. The molecule has 2 heterocycles. The highest BCUT2D eigenvalue weighted by molar-refractivity contribution is 7.99. The maximum absolute atomic E-state index is 5.83. The van der Waals surface area contributed by atoms with Crippen molar-refractivity contribution in [2.24, 2.45) is 0 Å². The predicted octanol–water partition coefficient (Wildman–Crippen LogP) is 5.28. The Morgan fingerprint density at radius 3 is 2.61 bits per heavy atom. The van der Waals surface area contributed by atoms with E-state index in [9.17, 15) is 0 Å². The summed E-state index contributed by atoms with van der Waals surface area (Å²) in [7, 11) is 0. The van der Waals surface area contributed by atoms with Crippen LogP contribution in [0.15, 0.2) is 87.0 Å². The lowest BCUT2D eigenvalue weighted by atomic mass is 10.0. The van der Waals surface area contributed by atoms with Crippen LogP contribution >= 0.6 is 11.8 Å². The molecule has 2 aromatic heterocycles. The van der Waals surface area contributed by atoms with Gasteiger partial charge in [-0.3, -0.25) is 0 Å². The van der Waals surface area contributed by atoms with Crippen LogP contribution in [0.2, 0.25) is 0 Å². The van der Waals surface area contributed by atoms with Crippen molar-refractivity contribution in [2.45, 2.75) is 11.6 Å². The lowest BCUT2D eigenvalue weighted by molar-refractivity contribution is 0.388. The minimum atomic E-state index is 0.394. The number of fused-ring (bicyclic) bond motifs is 1. The molecular weight excluding hydrogens is 408 g/mol. The molecule has 150 valence electrons. The highest BCUT2D eigenvalue weighted by Crippen LogP contribution is 2.29. The van der Waals surface area contributed by atoms with E-state index in [0.29, 0.717) is 35.0 Å². The van der Waals surface area contributed by atoms with Crippen molar-refractivity contribution >= 4 is 22.5 Å². The number of nitrogens with zero attached hydrogens (tertiary/aromatic N) is 4. The molecule has 0 aliphatic rings. The summed E-state index contributed by atoms with van der Waals surface area (Å²) in [5, 5.41) is 15.0. The smallest absolute Gasteiger partial charge is 0.277 e. The summed E-state index contributed by atoms with van der Waals surface area (Å²) in [6.07, 6.45) is 0.394. The fourth-order valence-electron chi connectivity index (χ4n) is 3.11. The Labute approximate surface area is 182 Å². The Morgan fingerprint density at radius 2 is 1.68 bits per heavy atom. The quantitative estimate of drug-likeness (QED) is 0.281. The molecule has 0 aliphatic carbocycles. The number of rotatable bonds is 5. The number of aromatic nitrogens is 4. The highest BCUT2D eigenvalue weighted by atomic mass is 32.2. The first kappa shape index (κ1) is 19.1. The van der Waals surface area contributed by atoms with E-state index in [1.165, 1.54) is 11.8 Å². The monoisotopic (exact) mass is 424 g/mol. The normalized spacial score (nSPS) is 10.7. The third kappa shape index (κ3) is 4.34. The van der Waals surface area contributed by atoms with Gasteiger partial charge in [-0.25, -0.2) is 0 Å². The van der Waals surface area contributed by atoms with Gasteiger partial charge in [-0.05, 0) is 16.8 Å². The van der Waals surface area contributed by atoms with Crippen molar-refractivity contribution in [3.05, 3.63) is 78.7 Å². The number of hydrogen-bond donors (Lipinski definition) is 0. The van der Waals surface area contributed by atoms with Gasteiger partial charge in [0.2, 0.25) is 17.6 Å². The molecule has 6 nitrogen and oxygen atoms in total. The molecule has 0 saturated heterocycles. The van der Waals surface area contributed by atoms with Gasteiger partial charge in [0, 0.05) is 11.1 Å². The molecule has 0 atom stereocenters. The summed E-state index contributed by atoms with van der Waals surface area (Å²) in [4.78, 5) is 4.37. The summed E-state index contributed by atoms with van der Waals surface area (Å²) < 4.78 is 11.1. The van der Waals surface area contributed by atoms with Gasteiger partial charge in [0.05, 0.1) is 12.2 Å². The van der Waals surface area contributed by atoms with E-state index in [2.05, 4.69) is 44.3 Å². The third-order valence-corrected chi connectivity index (χ3v) is 5.26. The highest BCUT2D eigenvalue weighted by Gasteiger charge is 2.11. The minimum absolute atomic E-state index is 0.394. The van der Waals surface area contributed by atoms with Crippen molar-refractivity contribution in [1.82, 2.24) is 20.3 Å². The molecule has 7 heteroatoms. The topological polar surface area (TPSA) is 77.8 Å². The van der Waals surface area contributed by atoms with E-state index >= 15 is 0 Å². The molecule has 5 rings (SSSR count). The lowest BCUT2D eigenvalue weighted by Crippen LogP contribution is -1.83. The van der Waals surface area contributed by atoms with Gasteiger partial charge in [0.25, 0.3) is 5.22 Å². The third-order valence-electron chi connectivity index (χ3n) is 4.56. The zero-order valence-corrected chi connectivity index (χ0v) is 17.2. The molecule has 31 heavy (non-hydrogen) atoms. The van der Waals surface area contributed by atoms with Crippen molar-refractivity contribution in [2.75, 3.05) is 5.75 Å². The van der Waals surface area contributed by atoms with Crippen LogP contribution in [0.5, 0.6) is 0 Å². The van der Waals surface area contributed by atoms with Crippen LogP contribution in [0.1, 0.15) is 5.89 Å². The Balaban J connectivity index is 1.20. The van der Waals surface area contributed by atoms with E-state index in [0.717, 1.165) is 21.9 Å².